The molecule has 0 heterocycles. The van der Waals surface area contributed by atoms with Crippen LogP contribution in [-0.4, -0.2) is 37.1 Å². The minimum Gasteiger partial charge on any atom is -0.333 e. The summed E-state index contributed by atoms with van der Waals surface area (Å²) < 4.78 is 27.4. The molecule has 0 N–H and O–H groups in total. The average Bonchev–Trinajstić information content (AvgIpc) is 2.76. The second-order valence-corrected chi connectivity index (χ2v) is 9.76. The maximum absolute atomic E-state index is 13.2. The van der Waals surface area contributed by atoms with Crippen LogP contribution >= 0.6 is 0 Å². The number of rotatable bonds is 8. The number of aryl methyl sites for hydroxylation is 2. The van der Waals surface area contributed by atoms with Crippen LogP contribution in [0.5, 0.6) is 0 Å². The molecule has 0 saturated carbocycles. The van der Waals surface area contributed by atoms with Crippen molar-refractivity contribution >= 4 is 15.9 Å². The molecule has 0 bridgehead atoms. The fraction of sp³-hybridized carbons (Fsp3) is 0.240. The normalized spacial score (nSPS) is 11.5. The van der Waals surface area contributed by atoms with E-state index in [-0.39, 0.29) is 17.3 Å². The Kier molecular flexibility index (Phi) is 7.25. The zero-order valence-corrected chi connectivity index (χ0v) is 19.0. The van der Waals surface area contributed by atoms with E-state index in [0.717, 1.165) is 21.0 Å². The molecule has 162 valence electrons. The largest absolute Gasteiger partial charge is 0.333 e. The zero-order chi connectivity index (χ0) is 22.4. The number of nitrogens with zero attached hydrogens (tertiary/aromatic N) is 2. The number of likely N-dealkylation sites (N-methyl/N-ethyl adjacent to an activating group) is 1. The lowest BCUT2D eigenvalue weighted by Crippen LogP contribution is -2.40. The SMILES string of the molecule is Cc1ccc(C)c(S(=O)(=O)N(C)CC(=O)N(Cc2ccccc2)Cc2ccccc2)c1. The first-order valence-corrected chi connectivity index (χ1v) is 11.6. The van der Waals surface area contributed by atoms with Gasteiger partial charge >= 0.3 is 0 Å². The summed E-state index contributed by atoms with van der Waals surface area (Å²) >= 11 is 0. The summed E-state index contributed by atoms with van der Waals surface area (Å²) in [6.07, 6.45) is 0. The number of carbonyl (C=O) groups is 1. The topological polar surface area (TPSA) is 57.7 Å². The van der Waals surface area contributed by atoms with E-state index in [1.165, 1.54) is 7.05 Å². The number of sulfonamides is 1. The maximum Gasteiger partial charge on any atom is 0.243 e. The van der Waals surface area contributed by atoms with E-state index in [4.69, 9.17) is 0 Å². The molecule has 0 aliphatic rings. The molecule has 0 unspecified atom stereocenters. The van der Waals surface area contributed by atoms with Gasteiger partial charge in [0.05, 0.1) is 11.4 Å². The number of amides is 1. The van der Waals surface area contributed by atoms with Crippen LogP contribution in [0.4, 0.5) is 0 Å². The Bertz CT molecular complexity index is 1090. The van der Waals surface area contributed by atoms with Gasteiger partial charge in [-0.05, 0) is 42.2 Å². The minimum atomic E-state index is -3.78. The Morgan fingerprint density at radius 1 is 0.806 bits per heavy atom. The van der Waals surface area contributed by atoms with Gasteiger partial charge in [-0.3, -0.25) is 4.79 Å². The van der Waals surface area contributed by atoms with Gasteiger partial charge in [-0.2, -0.15) is 4.31 Å². The van der Waals surface area contributed by atoms with Crippen molar-refractivity contribution in [1.29, 1.82) is 0 Å². The fourth-order valence-corrected chi connectivity index (χ4v) is 4.79. The summed E-state index contributed by atoms with van der Waals surface area (Å²) in [6.45, 7) is 4.21. The highest BCUT2D eigenvalue weighted by molar-refractivity contribution is 7.89. The van der Waals surface area contributed by atoms with Gasteiger partial charge in [-0.15, -0.1) is 0 Å². The van der Waals surface area contributed by atoms with Crippen molar-refractivity contribution in [3.05, 3.63) is 101 Å². The van der Waals surface area contributed by atoms with Crippen molar-refractivity contribution in [2.24, 2.45) is 0 Å². The zero-order valence-electron chi connectivity index (χ0n) is 18.2. The van der Waals surface area contributed by atoms with Crippen molar-refractivity contribution in [3.8, 4) is 0 Å². The molecule has 0 atom stereocenters. The molecular formula is C25H28N2O3S. The first kappa shape index (κ1) is 22.7. The van der Waals surface area contributed by atoms with Gasteiger partial charge in [0.1, 0.15) is 0 Å². The lowest BCUT2D eigenvalue weighted by molar-refractivity contribution is -0.132. The van der Waals surface area contributed by atoms with Crippen LogP contribution in [-0.2, 0) is 27.9 Å². The monoisotopic (exact) mass is 436 g/mol. The lowest BCUT2D eigenvalue weighted by Gasteiger charge is -2.26. The summed E-state index contributed by atoms with van der Waals surface area (Å²) in [5, 5.41) is 0. The van der Waals surface area contributed by atoms with E-state index < -0.39 is 10.0 Å². The van der Waals surface area contributed by atoms with E-state index in [9.17, 15) is 13.2 Å². The first-order valence-electron chi connectivity index (χ1n) is 10.2. The minimum absolute atomic E-state index is 0.227. The molecule has 3 rings (SSSR count). The second-order valence-electron chi connectivity index (χ2n) is 7.75. The molecule has 31 heavy (non-hydrogen) atoms. The van der Waals surface area contributed by atoms with Crippen LogP contribution < -0.4 is 0 Å². The summed E-state index contributed by atoms with van der Waals surface area (Å²) in [4.78, 5) is 15.1. The summed E-state index contributed by atoms with van der Waals surface area (Å²) in [6, 6.07) is 24.7. The van der Waals surface area contributed by atoms with Gasteiger partial charge < -0.3 is 4.90 Å². The molecule has 5 nitrogen and oxygen atoms in total. The Labute approximate surface area is 185 Å². The quantitative estimate of drug-likeness (QED) is 0.533. The molecule has 0 radical (unpaired) electrons. The second kappa shape index (κ2) is 9.90. The van der Waals surface area contributed by atoms with E-state index in [0.29, 0.717) is 18.7 Å². The lowest BCUT2D eigenvalue weighted by atomic mass is 10.1. The van der Waals surface area contributed by atoms with Gasteiger partial charge in [-0.1, -0.05) is 72.8 Å². The molecular weight excluding hydrogens is 408 g/mol. The van der Waals surface area contributed by atoms with E-state index in [2.05, 4.69) is 0 Å². The predicted octanol–water partition coefficient (Wildman–Crippen LogP) is 4.15. The highest BCUT2D eigenvalue weighted by Crippen LogP contribution is 2.21. The van der Waals surface area contributed by atoms with Crippen molar-refractivity contribution in [2.75, 3.05) is 13.6 Å². The Morgan fingerprint density at radius 3 is 1.84 bits per heavy atom. The van der Waals surface area contributed by atoms with Crippen LogP contribution in [0.25, 0.3) is 0 Å². The molecule has 1 amide bonds. The third-order valence-electron chi connectivity index (χ3n) is 5.18. The Balaban J connectivity index is 1.82. The number of carbonyl (C=O) groups excluding carboxylic acids is 1. The third kappa shape index (κ3) is 5.81. The summed E-state index contributed by atoms with van der Waals surface area (Å²) in [5.74, 6) is -0.246. The maximum atomic E-state index is 13.2. The molecule has 3 aromatic rings. The Hall–Kier alpha value is -2.96. The van der Waals surface area contributed by atoms with Crippen LogP contribution in [0.3, 0.4) is 0 Å². The summed E-state index contributed by atoms with van der Waals surface area (Å²) in [7, 11) is -2.32. The fourth-order valence-electron chi connectivity index (χ4n) is 3.37. The van der Waals surface area contributed by atoms with Crippen LogP contribution in [0, 0.1) is 13.8 Å². The van der Waals surface area contributed by atoms with Crippen molar-refractivity contribution in [1.82, 2.24) is 9.21 Å². The average molecular weight is 437 g/mol. The van der Waals surface area contributed by atoms with Gasteiger partial charge in [0.15, 0.2) is 0 Å². The molecule has 0 fully saturated rings. The molecule has 6 heteroatoms. The van der Waals surface area contributed by atoms with Crippen molar-refractivity contribution in [2.45, 2.75) is 31.8 Å². The first-order chi connectivity index (χ1) is 14.8. The molecule has 0 aromatic heterocycles. The van der Waals surface area contributed by atoms with Crippen LogP contribution in [0.2, 0.25) is 0 Å². The predicted molar refractivity (Wildman–Crippen MR) is 123 cm³/mol. The number of benzene rings is 3. The van der Waals surface area contributed by atoms with Crippen molar-refractivity contribution < 1.29 is 13.2 Å². The number of hydrogen-bond donors (Lipinski definition) is 0. The number of hydrogen-bond acceptors (Lipinski definition) is 3. The summed E-state index contributed by atoms with van der Waals surface area (Å²) in [5.41, 5.74) is 3.51. The Morgan fingerprint density at radius 2 is 1.32 bits per heavy atom. The van der Waals surface area contributed by atoms with Crippen molar-refractivity contribution in [3.63, 3.8) is 0 Å². The molecule has 0 saturated heterocycles. The van der Waals surface area contributed by atoms with Gasteiger partial charge in [0.2, 0.25) is 15.9 Å². The molecule has 0 aliphatic carbocycles. The smallest absolute Gasteiger partial charge is 0.243 e. The molecule has 0 aliphatic heterocycles. The van der Waals surface area contributed by atoms with Gasteiger partial charge in [-0.25, -0.2) is 8.42 Å². The van der Waals surface area contributed by atoms with Gasteiger partial charge in [0, 0.05) is 20.1 Å². The van der Waals surface area contributed by atoms with Gasteiger partial charge in [0.25, 0.3) is 0 Å². The highest BCUT2D eigenvalue weighted by Gasteiger charge is 2.27. The van der Waals surface area contributed by atoms with E-state index in [1.807, 2.05) is 73.7 Å². The molecule has 0 spiro atoms. The highest BCUT2D eigenvalue weighted by atomic mass is 32.2. The van der Waals surface area contributed by atoms with E-state index in [1.54, 1.807) is 24.0 Å². The third-order valence-corrected chi connectivity index (χ3v) is 7.12. The van der Waals surface area contributed by atoms with Crippen LogP contribution in [0.15, 0.2) is 83.8 Å². The van der Waals surface area contributed by atoms with E-state index >= 15 is 0 Å². The van der Waals surface area contributed by atoms with Crippen LogP contribution in [0.1, 0.15) is 22.3 Å². The molecule has 3 aromatic carbocycles. The standard InChI is InChI=1S/C25H28N2O3S/c1-20-14-15-21(2)24(16-20)31(29,30)26(3)19-25(28)27(17-22-10-6-4-7-11-22)18-23-12-8-5-9-13-23/h4-16H,17-19H2,1-3H3.